The third kappa shape index (κ3) is 7.56. The number of anilines is 5. The molecule has 399 valence electrons. The number of nitrogens with one attached hydrogen (secondary N) is 1. The first kappa shape index (κ1) is 51.4. The molecule has 0 spiro atoms. The molecule has 1 aliphatic heterocycles. The van der Waals surface area contributed by atoms with Crippen LogP contribution in [-0.4, -0.2) is 7.28 Å². The molecule has 1 N–H and O–H groups in total. The molecule has 78 heavy (non-hydrogen) atoms. The largest absolute Gasteiger partial charge is 0.455 e. The maximum atomic E-state index is 7.38. The summed E-state index contributed by atoms with van der Waals surface area (Å²) in [4.78, 5) is 2.70. The predicted octanol–water partition coefficient (Wildman–Crippen LogP) is 19.4. The Morgan fingerprint density at radius 3 is 1.56 bits per heavy atom. The van der Waals surface area contributed by atoms with Gasteiger partial charge in [-0.1, -0.05) is 172 Å². The van der Waals surface area contributed by atoms with Crippen molar-refractivity contribution < 1.29 is 4.42 Å². The highest BCUT2D eigenvalue weighted by molar-refractivity contribution is 6.74. The number of fused-ring (bicyclic) bond motifs is 11. The molecule has 2 heterocycles. The zero-order chi connectivity index (χ0) is 55.4. The van der Waals surface area contributed by atoms with Gasteiger partial charge in [0, 0.05) is 55.8 Å². The Morgan fingerprint density at radius 1 is 0.474 bits per heavy atom. The topological polar surface area (TPSA) is 28.4 Å². The molecule has 0 unspecified atom stereocenters. The zero-order valence-corrected chi connectivity index (χ0v) is 50.5. The maximum absolute atomic E-state index is 7.38. The molecule has 0 fully saturated rings. The Bertz CT molecular complexity index is 3850. The molecule has 1 radical (unpaired) electrons. The smallest absolute Gasteiger partial charge is 0.198 e. The van der Waals surface area contributed by atoms with Gasteiger partial charge in [0.2, 0.25) is 0 Å². The van der Waals surface area contributed by atoms with Crippen molar-refractivity contribution in [3.8, 4) is 22.3 Å². The maximum Gasteiger partial charge on any atom is 0.198 e. The summed E-state index contributed by atoms with van der Waals surface area (Å²) in [6.07, 6.45) is 7.01. The van der Waals surface area contributed by atoms with Crippen molar-refractivity contribution in [3.05, 3.63) is 159 Å². The molecule has 0 saturated carbocycles. The Morgan fingerprint density at radius 2 is 0.974 bits per heavy atom. The van der Waals surface area contributed by atoms with Crippen LogP contribution >= 0.6 is 0 Å². The van der Waals surface area contributed by atoms with Crippen LogP contribution < -0.4 is 21.1 Å². The van der Waals surface area contributed by atoms with E-state index in [9.17, 15) is 0 Å². The third-order valence-corrected chi connectivity index (χ3v) is 21.0. The number of rotatable bonds is 4. The summed E-state index contributed by atoms with van der Waals surface area (Å²) in [6.45, 7) is 43.8. The van der Waals surface area contributed by atoms with Crippen molar-refractivity contribution in [1.29, 1.82) is 0 Å². The fourth-order valence-electron chi connectivity index (χ4n) is 15.2. The predicted molar refractivity (Wildman–Crippen MR) is 335 cm³/mol. The van der Waals surface area contributed by atoms with E-state index in [1.54, 1.807) is 0 Å². The van der Waals surface area contributed by atoms with Gasteiger partial charge in [-0.3, -0.25) is 0 Å². The van der Waals surface area contributed by atoms with Crippen molar-refractivity contribution in [2.75, 3.05) is 10.2 Å². The van der Waals surface area contributed by atoms with Gasteiger partial charge in [0.1, 0.15) is 11.2 Å². The summed E-state index contributed by atoms with van der Waals surface area (Å²) in [5.74, 6) is 0. The van der Waals surface area contributed by atoms with E-state index in [4.69, 9.17) is 4.42 Å². The molecule has 0 saturated heterocycles. The van der Waals surface area contributed by atoms with E-state index in [1.165, 1.54) is 114 Å². The summed E-state index contributed by atoms with van der Waals surface area (Å²) in [5, 5.41) is 6.42. The molecule has 0 bridgehead atoms. The lowest BCUT2D eigenvalue weighted by molar-refractivity contribution is 0.331. The van der Waals surface area contributed by atoms with Gasteiger partial charge in [0.15, 0.2) is 7.28 Å². The van der Waals surface area contributed by atoms with Crippen molar-refractivity contribution >= 4 is 68.6 Å². The Kier molecular flexibility index (Phi) is 10.8. The van der Waals surface area contributed by atoms with Gasteiger partial charge in [-0.25, -0.2) is 0 Å². The summed E-state index contributed by atoms with van der Waals surface area (Å²) in [7, 11) is 2.55. The average Bonchev–Trinajstić information content (AvgIpc) is 3.43. The molecular formula is C74H84BN2O. The van der Waals surface area contributed by atoms with E-state index in [0.717, 1.165) is 63.7 Å². The first-order valence-corrected chi connectivity index (χ1v) is 29.6. The van der Waals surface area contributed by atoms with Crippen LogP contribution in [0.15, 0.2) is 108 Å². The normalized spacial score (nSPS) is 20.2. The van der Waals surface area contributed by atoms with Crippen LogP contribution in [0.25, 0.3) is 44.2 Å². The monoisotopic (exact) mass is 1030 g/mol. The van der Waals surface area contributed by atoms with Crippen molar-refractivity contribution in [2.24, 2.45) is 0 Å². The average molecular weight is 1030 g/mol. The van der Waals surface area contributed by atoms with Crippen LogP contribution in [0.4, 0.5) is 28.4 Å². The van der Waals surface area contributed by atoms with Crippen molar-refractivity contribution in [2.45, 2.75) is 206 Å². The second-order valence-corrected chi connectivity index (χ2v) is 30.5. The number of furan rings is 1. The minimum absolute atomic E-state index is 0.0307. The number of benzene rings is 7. The molecule has 3 nitrogen and oxygen atoms in total. The fourth-order valence-corrected chi connectivity index (χ4v) is 15.2. The minimum atomic E-state index is -0.235. The van der Waals surface area contributed by atoms with E-state index in [-0.39, 0.29) is 43.3 Å². The lowest BCUT2D eigenvalue weighted by atomic mass is 9.55. The Hall–Kier alpha value is -6.00. The van der Waals surface area contributed by atoms with Gasteiger partial charge >= 0.3 is 0 Å². The van der Waals surface area contributed by atoms with Gasteiger partial charge < -0.3 is 14.6 Å². The summed E-state index contributed by atoms with van der Waals surface area (Å²) < 4.78 is 7.38. The van der Waals surface area contributed by atoms with Crippen molar-refractivity contribution in [3.63, 3.8) is 0 Å². The van der Waals surface area contributed by atoms with Gasteiger partial charge in [0.25, 0.3) is 0 Å². The zero-order valence-electron chi connectivity index (χ0n) is 50.5. The first-order chi connectivity index (χ1) is 36.4. The molecule has 1 aromatic heterocycles. The molecule has 5 aliphatic rings. The standard InChI is InChI=1S/C74H84BN2O/c1-42-33-52-56(72(13,14)31-27-68(52,5)6)40-60(42)77-61-41-57-55(71(11,12)30-32-73(57,15)16)38-58(61)75-65-62(77)36-48-45-21-19-20-22-63(45)78-66(48)64(65)49-34-46-47-35-53-54(70(9,10)29-28-69(53,7)8)37-50(47)74(17,18)51(46)39-59(49)76-44-25-23-43(24-26-44)67(2,3)4/h19-26,33-41,76H,27-32H2,1-18H3. The number of hydrogen-bond donors (Lipinski definition) is 1. The minimum Gasteiger partial charge on any atom is -0.455 e. The lowest BCUT2D eigenvalue weighted by Gasteiger charge is -2.45. The Labute approximate surface area is 468 Å². The van der Waals surface area contributed by atoms with E-state index in [2.05, 4.69) is 245 Å². The van der Waals surface area contributed by atoms with Gasteiger partial charge in [0.05, 0.1) is 0 Å². The number of nitrogens with zero attached hydrogens (tertiary/aromatic N) is 1. The summed E-state index contributed by atoms with van der Waals surface area (Å²) >= 11 is 0. The van der Waals surface area contributed by atoms with Gasteiger partial charge in [-0.05, 0) is 210 Å². The third-order valence-electron chi connectivity index (χ3n) is 21.0. The first-order valence-electron chi connectivity index (χ1n) is 29.6. The number of para-hydroxylation sites is 1. The molecule has 4 aliphatic carbocycles. The highest BCUT2D eigenvalue weighted by atomic mass is 16.3. The molecule has 8 aromatic rings. The molecule has 13 rings (SSSR count). The SMILES string of the molecule is Cc1cc2c(cc1N1c3cc4c(cc3[B]c3c1cc1c(oc5ccccc51)c3-c1cc3c(cc1Nc1ccc(C(C)(C)C)cc1)C(C)(C)c1cc5c(cc1-3)C(C)(C)CCC5(C)C)C(C)(C)CCC4(C)C)C(C)(C)CCC2(C)C. The van der Waals surface area contributed by atoms with Crippen molar-refractivity contribution in [1.82, 2.24) is 0 Å². The molecule has 7 aromatic carbocycles. The second-order valence-electron chi connectivity index (χ2n) is 30.5. The summed E-state index contributed by atoms with van der Waals surface area (Å²) in [5.41, 5.74) is 29.7. The lowest BCUT2D eigenvalue weighted by Crippen LogP contribution is -2.44. The van der Waals surface area contributed by atoms with Crippen LogP contribution in [0.1, 0.15) is 212 Å². The molecule has 0 amide bonds. The highest BCUT2D eigenvalue weighted by Crippen LogP contribution is 2.58. The van der Waals surface area contributed by atoms with E-state index < -0.39 is 0 Å². The second kappa shape index (κ2) is 16.3. The number of hydrogen-bond acceptors (Lipinski definition) is 3. The van der Waals surface area contributed by atoms with E-state index >= 15 is 0 Å². The van der Waals surface area contributed by atoms with Gasteiger partial charge in [-0.15, -0.1) is 0 Å². The summed E-state index contributed by atoms with van der Waals surface area (Å²) in [6, 6.07) is 41.1. The van der Waals surface area contributed by atoms with E-state index in [1.807, 2.05) is 0 Å². The quantitative estimate of drug-likeness (QED) is 0.178. The van der Waals surface area contributed by atoms with Crippen LogP contribution in [0, 0.1) is 6.92 Å². The van der Waals surface area contributed by atoms with Crippen LogP contribution in [0.5, 0.6) is 0 Å². The number of aryl methyl sites for hydroxylation is 1. The van der Waals surface area contributed by atoms with Crippen LogP contribution in [0.2, 0.25) is 0 Å². The fraction of sp³-hybridized carbons (Fsp3) is 0.432. The molecule has 0 atom stereocenters. The van der Waals surface area contributed by atoms with Crippen LogP contribution in [-0.2, 0) is 43.3 Å². The molecular weight excluding hydrogens is 944 g/mol. The highest BCUT2D eigenvalue weighted by Gasteiger charge is 2.46. The molecule has 4 heteroatoms. The van der Waals surface area contributed by atoms with Gasteiger partial charge in [-0.2, -0.15) is 0 Å². The Balaban J connectivity index is 1.15. The van der Waals surface area contributed by atoms with E-state index in [0.29, 0.717) is 0 Å². The van der Waals surface area contributed by atoms with Crippen LogP contribution in [0.3, 0.4) is 0 Å².